The summed E-state index contributed by atoms with van der Waals surface area (Å²) >= 11 is 0. The molecule has 2 rings (SSSR count). The first-order valence-electron chi connectivity index (χ1n) is 6.10. The molecule has 0 atom stereocenters. The highest BCUT2D eigenvalue weighted by Crippen LogP contribution is 2.22. The molecule has 2 N–H and O–H groups in total. The molecule has 1 heterocycles. The van der Waals surface area contributed by atoms with E-state index in [2.05, 4.69) is 46.6 Å². The number of aromatic nitrogens is 2. The topological polar surface area (TPSA) is 49.8 Å². The van der Waals surface area contributed by atoms with Crippen LogP contribution in [0.1, 0.15) is 18.1 Å². The van der Waals surface area contributed by atoms with E-state index in [1.165, 1.54) is 5.56 Å². The first-order valence-corrected chi connectivity index (χ1v) is 6.10. The third-order valence-electron chi connectivity index (χ3n) is 2.74. The SMILES string of the molecule is CCNc1ncnc(Nc2ccc(C)cc2)c1C. The number of benzene rings is 1. The smallest absolute Gasteiger partial charge is 0.138 e. The van der Waals surface area contributed by atoms with Crippen molar-refractivity contribution in [3.63, 3.8) is 0 Å². The third-order valence-corrected chi connectivity index (χ3v) is 2.74. The lowest BCUT2D eigenvalue weighted by molar-refractivity contribution is 1.08. The zero-order valence-corrected chi connectivity index (χ0v) is 11.0. The molecule has 1 aromatic heterocycles. The van der Waals surface area contributed by atoms with Crippen molar-refractivity contribution >= 4 is 17.3 Å². The Morgan fingerprint density at radius 3 is 2.33 bits per heavy atom. The molecule has 0 amide bonds. The first kappa shape index (κ1) is 12.4. The lowest BCUT2D eigenvalue weighted by atomic mass is 10.2. The molecule has 4 heteroatoms. The van der Waals surface area contributed by atoms with Crippen LogP contribution in [0.3, 0.4) is 0 Å². The molecule has 4 nitrogen and oxygen atoms in total. The monoisotopic (exact) mass is 242 g/mol. The van der Waals surface area contributed by atoms with Crippen LogP contribution in [0.25, 0.3) is 0 Å². The maximum Gasteiger partial charge on any atom is 0.138 e. The molecule has 1 aromatic carbocycles. The molecular weight excluding hydrogens is 224 g/mol. The van der Waals surface area contributed by atoms with Gasteiger partial charge < -0.3 is 10.6 Å². The van der Waals surface area contributed by atoms with Crippen molar-refractivity contribution in [3.8, 4) is 0 Å². The summed E-state index contributed by atoms with van der Waals surface area (Å²) in [7, 11) is 0. The Morgan fingerprint density at radius 1 is 1.00 bits per heavy atom. The van der Waals surface area contributed by atoms with Crippen LogP contribution in [0, 0.1) is 13.8 Å². The van der Waals surface area contributed by atoms with Gasteiger partial charge in [-0.15, -0.1) is 0 Å². The maximum atomic E-state index is 4.28. The first-order chi connectivity index (χ1) is 8.70. The van der Waals surface area contributed by atoms with Crippen molar-refractivity contribution < 1.29 is 0 Å². The highest BCUT2D eigenvalue weighted by Gasteiger charge is 2.06. The lowest BCUT2D eigenvalue weighted by Crippen LogP contribution is -2.05. The second kappa shape index (κ2) is 5.49. The molecular formula is C14H18N4. The number of hydrogen-bond donors (Lipinski definition) is 2. The summed E-state index contributed by atoms with van der Waals surface area (Å²) < 4.78 is 0. The van der Waals surface area contributed by atoms with Crippen LogP contribution in [0.4, 0.5) is 17.3 Å². The summed E-state index contributed by atoms with van der Waals surface area (Å²) in [4.78, 5) is 8.50. The number of aryl methyl sites for hydroxylation is 1. The van der Waals surface area contributed by atoms with Crippen molar-refractivity contribution in [2.45, 2.75) is 20.8 Å². The van der Waals surface area contributed by atoms with Gasteiger partial charge in [0.05, 0.1) is 0 Å². The zero-order valence-electron chi connectivity index (χ0n) is 11.0. The van der Waals surface area contributed by atoms with Crippen molar-refractivity contribution in [2.24, 2.45) is 0 Å². The number of nitrogens with one attached hydrogen (secondary N) is 2. The predicted octanol–water partition coefficient (Wildman–Crippen LogP) is 3.27. The largest absolute Gasteiger partial charge is 0.370 e. The van der Waals surface area contributed by atoms with E-state index >= 15 is 0 Å². The van der Waals surface area contributed by atoms with E-state index in [0.29, 0.717) is 0 Å². The van der Waals surface area contributed by atoms with E-state index in [9.17, 15) is 0 Å². The summed E-state index contributed by atoms with van der Waals surface area (Å²) in [5.41, 5.74) is 3.30. The highest BCUT2D eigenvalue weighted by molar-refractivity contribution is 5.64. The fraction of sp³-hybridized carbons (Fsp3) is 0.286. The molecule has 0 aliphatic rings. The highest BCUT2D eigenvalue weighted by atomic mass is 15.1. The Balaban J connectivity index is 2.23. The standard InChI is InChI=1S/C14H18N4/c1-4-15-13-11(3)14(17-9-16-13)18-12-7-5-10(2)6-8-12/h5-9H,4H2,1-3H3,(H2,15,16,17,18). The fourth-order valence-electron chi connectivity index (χ4n) is 1.70. The summed E-state index contributed by atoms with van der Waals surface area (Å²) in [6.45, 7) is 6.98. The maximum absolute atomic E-state index is 4.28. The zero-order chi connectivity index (χ0) is 13.0. The molecule has 0 spiro atoms. The molecule has 0 radical (unpaired) electrons. The van der Waals surface area contributed by atoms with Gasteiger partial charge in [-0.1, -0.05) is 17.7 Å². The Bertz CT molecular complexity index is 520. The van der Waals surface area contributed by atoms with Crippen molar-refractivity contribution in [3.05, 3.63) is 41.7 Å². The number of rotatable bonds is 4. The van der Waals surface area contributed by atoms with Crippen LogP contribution in [0.15, 0.2) is 30.6 Å². The van der Waals surface area contributed by atoms with Gasteiger partial charge in [-0.05, 0) is 32.9 Å². The quantitative estimate of drug-likeness (QED) is 0.864. The van der Waals surface area contributed by atoms with Crippen LogP contribution in [-0.2, 0) is 0 Å². The van der Waals surface area contributed by atoms with Crippen LogP contribution in [0.5, 0.6) is 0 Å². The van der Waals surface area contributed by atoms with Crippen LogP contribution >= 0.6 is 0 Å². The average Bonchev–Trinajstić information content (AvgIpc) is 2.37. The fourth-order valence-corrected chi connectivity index (χ4v) is 1.70. The summed E-state index contributed by atoms with van der Waals surface area (Å²) in [5, 5.41) is 6.53. The van der Waals surface area contributed by atoms with Crippen molar-refractivity contribution in [1.29, 1.82) is 0 Å². The van der Waals surface area contributed by atoms with E-state index in [0.717, 1.165) is 29.4 Å². The summed E-state index contributed by atoms with van der Waals surface area (Å²) in [6, 6.07) is 8.24. The van der Waals surface area contributed by atoms with E-state index in [-0.39, 0.29) is 0 Å². The molecule has 2 aromatic rings. The van der Waals surface area contributed by atoms with Gasteiger partial charge in [-0.3, -0.25) is 0 Å². The predicted molar refractivity (Wildman–Crippen MR) is 75.4 cm³/mol. The minimum Gasteiger partial charge on any atom is -0.370 e. The van der Waals surface area contributed by atoms with E-state index < -0.39 is 0 Å². The Kier molecular flexibility index (Phi) is 3.77. The minimum atomic E-state index is 0.838. The van der Waals surface area contributed by atoms with Gasteiger partial charge in [-0.25, -0.2) is 9.97 Å². The minimum absolute atomic E-state index is 0.838. The van der Waals surface area contributed by atoms with Gasteiger partial charge in [0.15, 0.2) is 0 Å². The molecule has 0 unspecified atom stereocenters. The van der Waals surface area contributed by atoms with Crippen LogP contribution < -0.4 is 10.6 Å². The van der Waals surface area contributed by atoms with Crippen molar-refractivity contribution in [2.75, 3.05) is 17.2 Å². The number of nitrogens with zero attached hydrogens (tertiary/aromatic N) is 2. The van der Waals surface area contributed by atoms with Gasteiger partial charge in [0.1, 0.15) is 18.0 Å². The van der Waals surface area contributed by atoms with Gasteiger partial charge in [-0.2, -0.15) is 0 Å². The molecule has 0 saturated carbocycles. The Hall–Kier alpha value is -2.10. The normalized spacial score (nSPS) is 10.2. The van der Waals surface area contributed by atoms with Crippen LogP contribution in [-0.4, -0.2) is 16.5 Å². The molecule has 18 heavy (non-hydrogen) atoms. The van der Waals surface area contributed by atoms with Gasteiger partial charge in [0, 0.05) is 17.8 Å². The molecule has 94 valence electrons. The van der Waals surface area contributed by atoms with E-state index in [1.54, 1.807) is 6.33 Å². The number of anilines is 3. The summed E-state index contributed by atoms with van der Waals surface area (Å²) in [6.07, 6.45) is 1.57. The van der Waals surface area contributed by atoms with E-state index in [4.69, 9.17) is 0 Å². The average molecular weight is 242 g/mol. The Morgan fingerprint density at radius 2 is 1.67 bits per heavy atom. The van der Waals surface area contributed by atoms with Gasteiger partial charge >= 0.3 is 0 Å². The van der Waals surface area contributed by atoms with Crippen LogP contribution in [0.2, 0.25) is 0 Å². The van der Waals surface area contributed by atoms with E-state index in [1.807, 2.05) is 19.1 Å². The number of hydrogen-bond acceptors (Lipinski definition) is 4. The Labute approximate surface area is 107 Å². The van der Waals surface area contributed by atoms with Gasteiger partial charge in [0.25, 0.3) is 0 Å². The summed E-state index contributed by atoms with van der Waals surface area (Å²) in [5.74, 6) is 1.71. The van der Waals surface area contributed by atoms with Crippen molar-refractivity contribution in [1.82, 2.24) is 9.97 Å². The molecule has 0 fully saturated rings. The lowest BCUT2D eigenvalue weighted by Gasteiger charge is -2.12. The third kappa shape index (κ3) is 2.77. The molecule has 0 aliphatic heterocycles. The molecule has 0 bridgehead atoms. The second-order valence-corrected chi connectivity index (χ2v) is 4.22. The van der Waals surface area contributed by atoms with Gasteiger partial charge in [0.2, 0.25) is 0 Å². The molecule has 0 saturated heterocycles. The second-order valence-electron chi connectivity index (χ2n) is 4.22. The molecule has 0 aliphatic carbocycles.